The standard InChI is InChI=1S/C13H18N2O3/c1-10-2-3-12(8-13(10)15(16)17)18-9-11-4-6-14-7-5-11/h2-3,8,11,14H,4-7,9H2,1H3. The highest BCUT2D eigenvalue weighted by atomic mass is 16.6. The summed E-state index contributed by atoms with van der Waals surface area (Å²) in [6, 6.07) is 5.04. The van der Waals surface area contributed by atoms with Gasteiger partial charge in [-0.05, 0) is 50.9 Å². The number of nitrogens with zero attached hydrogens (tertiary/aromatic N) is 1. The molecule has 5 nitrogen and oxygen atoms in total. The molecule has 0 amide bonds. The summed E-state index contributed by atoms with van der Waals surface area (Å²) in [5.74, 6) is 1.14. The van der Waals surface area contributed by atoms with Crippen LogP contribution in [0.15, 0.2) is 18.2 Å². The molecule has 0 aromatic heterocycles. The fraction of sp³-hybridized carbons (Fsp3) is 0.538. The molecular weight excluding hydrogens is 232 g/mol. The highest BCUT2D eigenvalue weighted by Gasteiger charge is 2.15. The first-order valence-electron chi connectivity index (χ1n) is 6.25. The minimum atomic E-state index is -0.368. The summed E-state index contributed by atoms with van der Waals surface area (Å²) in [7, 11) is 0. The van der Waals surface area contributed by atoms with E-state index >= 15 is 0 Å². The molecule has 0 bridgehead atoms. The van der Waals surface area contributed by atoms with Gasteiger partial charge in [0.1, 0.15) is 5.75 Å². The minimum absolute atomic E-state index is 0.123. The van der Waals surface area contributed by atoms with Gasteiger partial charge in [-0.25, -0.2) is 0 Å². The van der Waals surface area contributed by atoms with Crippen LogP contribution >= 0.6 is 0 Å². The number of nitro benzene ring substituents is 1. The van der Waals surface area contributed by atoms with Gasteiger partial charge in [-0.2, -0.15) is 0 Å². The Kier molecular flexibility index (Phi) is 4.15. The van der Waals surface area contributed by atoms with Gasteiger partial charge >= 0.3 is 0 Å². The monoisotopic (exact) mass is 250 g/mol. The number of piperidine rings is 1. The molecule has 1 aliphatic heterocycles. The second kappa shape index (κ2) is 5.82. The molecule has 1 heterocycles. The maximum Gasteiger partial charge on any atom is 0.275 e. The summed E-state index contributed by atoms with van der Waals surface area (Å²) in [6.07, 6.45) is 2.21. The Labute approximate surface area is 106 Å². The number of hydrogen-bond acceptors (Lipinski definition) is 4. The van der Waals surface area contributed by atoms with Crippen LogP contribution in [0.2, 0.25) is 0 Å². The number of nitro groups is 1. The number of rotatable bonds is 4. The zero-order chi connectivity index (χ0) is 13.0. The number of ether oxygens (including phenoxy) is 1. The molecule has 1 aliphatic rings. The summed E-state index contributed by atoms with van der Waals surface area (Å²) in [5.41, 5.74) is 0.784. The van der Waals surface area contributed by atoms with Gasteiger partial charge in [-0.3, -0.25) is 10.1 Å². The third-order valence-corrected chi connectivity index (χ3v) is 3.32. The maximum atomic E-state index is 10.8. The van der Waals surface area contributed by atoms with E-state index in [9.17, 15) is 10.1 Å². The minimum Gasteiger partial charge on any atom is -0.493 e. The van der Waals surface area contributed by atoms with E-state index in [-0.39, 0.29) is 10.6 Å². The molecule has 0 aliphatic carbocycles. The Morgan fingerprint density at radius 2 is 2.17 bits per heavy atom. The maximum absolute atomic E-state index is 10.8. The van der Waals surface area contributed by atoms with E-state index in [1.807, 2.05) is 0 Å². The Morgan fingerprint density at radius 3 is 2.83 bits per heavy atom. The van der Waals surface area contributed by atoms with Crippen molar-refractivity contribution < 1.29 is 9.66 Å². The molecule has 0 atom stereocenters. The molecule has 1 fully saturated rings. The van der Waals surface area contributed by atoms with Crippen molar-refractivity contribution in [3.8, 4) is 5.75 Å². The van der Waals surface area contributed by atoms with Crippen molar-refractivity contribution in [2.75, 3.05) is 19.7 Å². The quantitative estimate of drug-likeness (QED) is 0.657. The van der Waals surface area contributed by atoms with Crippen LogP contribution < -0.4 is 10.1 Å². The lowest BCUT2D eigenvalue weighted by Gasteiger charge is -2.22. The number of benzene rings is 1. The van der Waals surface area contributed by atoms with Crippen molar-refractivity contribution in [2.45, 2.75) is 19.8 Å². The van der Waals surface area contributed by atoms with Crippen molar-refractivity contribution in [1.82, 2.24) is 5.32 Å². The van der Waals surface area contributed by atoms with Crippen LogP contribution in [0.25, 0.3) is 0 Å². The van der Waals surface area contributed by atoms with Crippen molar-refractivity contribution in [3.63, 3.8) is 0 Å². The zero-order valence-electron chi connectivity index (χ0n) is 10.5. The molecule has 1 aromatic carbocycles. The van der Waals surface area contributed by atoms with Gasteiger partial charge in [0.05, 0.1) is 17.6 Å². The summed E-state index contributed by atoms with van der Waals surface area (Å²) in [4.78, 5) is 10.5. The average Bonchev–Trinajstić information content (AvgIpc) is 2.38. The van der Waals surface area contributed by atoms with Crippen LogP contribution in [0.3, 0.4) is 0 Å². The molecule has 0 saturated carbocycles. The number of hydrogen-bond donors (Lipinski definition) is 1. The Balaban J connectivity index is 1.96. The lowest BCUT2D eigenvalue weighted by atomic mass is 9.99. The van der Waals surface area contributed by atoms with Gasteiger partial charge in [0.15, 0.2) is 0 Å². The SMILES string of the molecule is Cc1ccc(OCC2CCNCC2)cc1[N+](=O)[O-]. The predicted octanol–water partition coefficient (Wildman–Crippen LogP) is 2.28. The van der Waals surface area contributed by atoms with Gasteiger partial charge in [-0.15, -0.1) is 0 Å². The van der Waals surface area contributed by atoms with E-state index < -0.39 is 0 Å². The first-order chi connectivity index (χ1) is 8.66. The van der Waals surface area contributed by atoms with E-state index in [1.165, 1.54) is 6.07 Å². The predicted molar refractivity (Wildman–Crippen MR) is 68.9 cm³/mol. The van der Waals surface area contributed by atoms with Crippen molar-refractivity contribution >= 4 is 5.69 Å². The largest absolute Gasteiger partial charge is 0.493 e. The van der Waals surface area contributed by atoms with Gasteiger partial charge in [0.2, 0.25) is 0 Å². The van der Waals surface area contributed by atoms with E-state index in [4.69, 9.17) is 4.74 Å². The molecule has 1 aromatic rings. The van der Waals surface area contributed by atoms with Crippen LogP contribution in [-0.4, -0.2) is 24.6 Å². The van der Waals surface area contributed by atoms with Gasteiger partial charge in [-0.1, -0.05) is 0 Å². The molecular formula is C13H18N2O3. The van der Waals surface area contributed by atoms with Gasteiger partial charge in [0.25, 0.3) is 5.69 Å². The molecule has 18 heavy (non-hydrogen) atoms. The highest BCUT2D eigenvalue weighted by molar-refractivity contribution is 5.45. The van der Waals surface area contributed by atoms with E-state index in [0.29, 0.717) is 23.8 Å². The molecule has 5 heteroatoms. The Morgan fingerprint density at radius 1 is 1.44 bits per heavy atom. The topological polar surface area (TPSA) is 64.4 Å². The molecule has 1 N–H and O–H groups in total. The molecule has 98 valence electrons. The highest BCUT2D eigenvalue weighted by Crippen LogP contribution is 2.24. The smallest absolute Gasteiger partial charge is 0.275 e. The number of nitrogens with one attached hydrogen (secondary N) is 1. The average molecular weight is 250 g/mol. The lowest BCUT2D eigenvalue weighted by Crippen LogP contribution is -2.30. The summed E-state index contributed by atoms with van der Waals surface area (Å²) in [6.45, 7) is 4.43. The van der Waals surface area contributed by atoms with Crippen LogP contribution in [0.5, 0.6) is 5.75 Å². The van der Waals surface area contributed by atoms with Gasteiger partial charge < -0.3 is 10.1 Å². The Bertz CT molecular complexity index is 428. The summed E-state index contributed by atoms with van der Waals surface area (Å²) >= 11 is 0. The summed E-state index contributed by atoms with van der Waals surface area (Å²) in [5, 5.41) is 14.1. The van der Waals surface area contributed by atoms with Crippen LogP contribution in [-0.2, 0) is 0 Å². The zero-order valence-corrected chi connectivity index (χ0v) is 10.5. The van der Waals surface area contributed by atoms with Crippen molar-refractivity contribution in [2.24, 2.45) is 5.92 Å². The first kappa shape index (κ1) is 12.8. The molecule has 0 unspecified atom stereocenters. The molecule has 1 saturated heterocycles. The second-order valence-electron chi connectivity index (χ2n) is 4.71. The molecule has 2 rings (SSSR count). The third kappa shape index (κ3) is 3.20. The van der Waals surface area contributed by atoms with Crippen LogP contribution in [0.4, 0.5) is 5.69 Å². The van der Waals surface area contributed by atoms with E-state index in [2.05, 4.69) is 5.32 Å². The van der Waals surface area contributed by atoms with E-state index in [1.54, 1.807) is 19.1 Å². The number of aryl methyl sites for hydroxylation is 1. The fourth-order valence-electron chi connectivity index (χ4n) is 2.14. The van der Waals surface area contributed by atoms with Gasteiger partial charge in [0, 0.05) is 5.56 Å². The fourth-order valence-corrected chi connectivity index (χ4v) is 2.14. The van der Waals surface area contributed by atoms with Crippen molar-refractivity contribution in [3.05, 3.63) is 33.9 Å². The Hall–Kier alpha value is -1.62. The first-order valence-corrected chi connectivity index (χ1v) is 6.25. The van der Waals surface area contributed by atoms with Crippen LogP contribution in [0.1, 0.15) is 18.4 Å². The summed E-state index contributed by atoms with van der Waals surface area (Å²) < 4.78 is 5.66. The van der Waals surface area contributed by atoms with Crippen molar-refractivity contribution in [1.29, 1.82) is 0 Å². The normalized spacial score (nSPS) is 16.5. The lowest BCUT2D eigenvalue weighted by molar-refractivity contribution is -0.385. The molecule has 0 spiro atoms. The van der Waals surface area contributed by atoms with E-state index in [0.717, 1.165) is 25.9 Å². The second-order valence-corrected chi connectivity index (χ2v) is 4.71. The molecule has 0 radical (unpaired) electrons. The third-order valence-electron chi connectivity index (χ3n) is 3.32. The van der Waals surface area contributed by atoms with Crippen LogP contribution in [0, 0.1) is 23.0 Å².